The third-order valence-corrected chi connectivity index (χ3v) is 5.36. The summed E-state index contributed by atoms with van der Waals surface area (Å²) in [6.45, 7) is 0.118. The van der Waals surface area contributed by atoms with E-state index in [9.17, 15) is 8.42 Å². The topological polar surface area (TPSA) is 95.1 Å². The number of aromatic nitrogens is 2. The monoisotopic (exact) mass is 373 g/mol. The van der Waals surface area contributed by atoms with Crippen LogP contribution in [0.3, 0.4) is 0 Å². The fourth-order valence-corrected chi connectivity index (χ4v) is 3.91. The second-order valence-electron chi connectivity index (χ2n) is 4.46. The standard InChI is InChI=1S/C13H16BrN3O3S/c14-11-4-3-10(9-18)8-12(11)21(19,20)17-5-1-2-13-15-6-7-16-13/h3-4,6-8,17-18H,1-2,5,9H2,(H,15,16). The van der Waals surface area contributed by atoms with Crippen LogP contribution < -0.4 is 4.72 Å². The maximum Gasteiger partial charge on any atom is 0.241 e. The number of halogens is 1. The summed E-state index contributed by atoms with van der Waals surface area (Å²) in [4.78, 5) is 7.18. The minimum absolute atomic E-state index is 0.132. The summed E-state index contributed by atoms with van der Waals surface area (Å²) in [5.74, 6) is 0.831. The minimum atomic E-state index is -3.60. The van der Waals surface area contributed by atoms with Crippen molar-refractivity contribution in [3.63, 3.8) is 0 Å². The lowest BCUT2D eigenvalue weighted by Gasteiger charge is -2.09. The van der Waals surface area contributed by atoms with Gasteiger partial charge in [-0.2, -0.15) is 0 Å². The van der Waals surface area contributed by atoms with E-state index >= 15 is 0 Å². The van der Waals surface area contributed by atoms with Crippen LogP contribution in [0.1, 0.15) is 17.8 Å². The van der Waals surface area contributed by atoms with Crippen LogP contribution in [0.2, 0.25) is 0 Å². The predicted octanol–water partition coefficient (Wildman–Crippen LogP) is 1.58. The van der Waals surface area contributed by atoms with E-state index in [-0.39, 0.29) is 11.5 Å². The third kappa shape index (κ3) is 4.37. The molecule has 2 rings (SSSR count). The molecule has 0 bridgehead atoms. The van der Waals surface area contributed by atoms with Gasteiger partial charge < -0.3 is 10.1 Å². The van der Waals surface area contributed by atoms with E-state index < -0.39 is 10.0 Å². The molecule has 1 aromatic carbocycles. The third-order valence-electron chi connectivity index (χ3n) is 2.90. The second-order valence-corrected chi connectivity index (χ2v) is 7.05. The number of imidazole rings is 1. The zero-order valence-electron chi connectivity index (χ0n) is 11.2. The molecule has 0 radical (unpaired) electrons. The Balaban J connectivity index is 1.98. The van der Waals surface area contributed by atoms with Gasteiger partial charge in [0.05, 0.1) is 11.5 Å². The molecule has 0 amide bonds. The van der Waals surface area contributed by atoms with Crippen molar-refractivity contribution in [2.24, 2.45) is 0 Å². The zero-order chi connectivity index (χ0) is 15.3. The zero-order valence-corrected chi connectivity index (χ0v) is 13.6. The molecule has 0 aliphatic carbocycles. The number of benzene rings is 1. The molecule has 0 aliphatic heterocycles. The Kier molecular flexibility index (Phi) is 5.51. The number of H-pyrrole nitrogens is 1. The fraction of sp³-hybridized carbons (Fsp3) is 0.308. The molecule has 6 nitrogen and oxygen atoms in total. The van der Waals surface area contributed by atoms with Gasteiger partial charge in [0.2, 0.25) is 10.0 Å². The number of hydrogen-bond acceptors (Lipinski definition) is 4. The summed E-state index contributed by atoms with van der Waals surface area (Å²) in [6.07, 6.45) is 4.71. The van der Waals surface area contributed by atoms with Crippen LogP contribution in [0.25, 0.3) is 0 Å². The molecule has 8 heteroatoms. The highest BCUT2D eigenvalue weighted by molar-refractivity contribution is 9.10. The SMILES string of the molecule is O=S(=O)(NCCCc1ncc[nH]1)c1cc(CO)ccc1Br. The highest BCUT2D eigenvalue weighted by atomic mass is 79.9. The summed E-state index contributed by atoms with van der Waals surface area (Å²) in [6, 6.07) is 4.74. The van der Waals surface area contributed by atoms with Crippen molar-refractivity contribution in [1.82, 2.24) is 14.7 Å². The molecule has 114 valence electrons. The summed E-state index contributed by atoms with van der Waals surface area (Å²) >= 11 is 3.22. The largest absolute Gasteiger partial charge is 0.392 e. The molecule has 3 N–H and O–H groups in total. The number of sulfonamides is 1. The smallest absolute Gasteiger partial charge is 0.241 e. The first kappa shape index (κ1) is 16.2. The van der Waals surface area contributed by atoms with Crippen LogP contribution in [-0.4, -0.2) is 30.0 Å². The van der Waals surface area contributed by atoms with Gasteiger partial charge in [0.1, 0.15) is 5.82 Å². The Morgan fingerprint density at radius 3 is 2.86 bits per heavy atom. The van der Waals surface area contributed by atoms with Crippen molar-refractivity contribution < 1.29 is 13.5 Å². The van der Waals surface area contributed by atoms with Crippen LogP contribution in [0, 0.1) is 0 Å². The average molecular weight is 374 g/mol. The summed E-state index contributed by atoms with van der Waals surface area (Å²) < 4.78 is 27.5. The number of nitrogens with one attached hydrogen (secondary N) is 2. The van der Waals surface area contributed by atoms with Gasteiger partial charge in [0.25, 0.3) is 0 Å². The highest BCUT2D eigenvalue weighted by Gasteiger charge is 2.17. The molecule has 0 saturated heterocycles. The number of rotatable bonds is 7. The van der Waals surface area contributed by atoms with E-state index in [1.807, 2.05) is 0 Å². The first-order chi connectivity index (χ1) is 10.0. The average Bonchev–Trinajstić information content (AvgIpc) is 2.97. The molecule has 2 aromatic rings. The first-order valence-corrected chi connectivity index (χ1v) is 8.68. The molecule has 21 heavy (non-hydrogen) atoms. The fourth-order valence-electron chi connectivity index (χ4n) is 1.83. The number of hydrogen-bond donors (Lipinski definition) is 3. The van der Waals surface area contributed by atoms with Crippen molar-refractivity contribution in [2.75, 3.05) is 6.54 Å². The number of aryl methyl sites for hydroxylation is 1. The molecule has 0 aliphatic rings. The Labute approximate surface area is 131 Å². The van der Waals surface area contributed by atoms with Gasteiger partial charge in [0.15, 0.2) is 0 Å². The van der Waals surface area contributed by atoms with Gasteiger partial charge in [0, 0.05) is 29.8 Å². The normalized spacial score (nSPS) is 11.7. The van der Waals surface area contributed by atoms with Crippen LogP contribution in [-0.2, 0) is 23.1 Å². The van der Waals surface area contributed by atoms with Crippen LogP contribution >= 0.6 is 15.9 Å². The molecule has 0 atom stereocenters. The predicted molar refractivity (Wildman–Crippen MR) is 82.2 cm³/mol. The molecule has 0 fully saturated rings. The van der Waals surface area contributed by atoms with Crippen LogP contribution in [0.4, 0.5) is 0 Å². The molecule has 1 heterocycles. The number of aliphatic hydroxyl groups excluding tert-OH is 1. The van der Waals surface area contributed by atoms with E-state index in [4.69, 9.17) is 5.11 Å². The number of nitrogens with zero attached hydrogens (tertiary/aromatic N) is 1. The van der Waals surface area contributed by atoms with E-state index in [0.29, 0.717) is 29.4 Å². The highest BCUT2D eigenvalue weighted by Crippen LogP contribution is 2.23. The maximum absolute atomic E-state index is 12.2. The van der Waals surface area contributed by atoms with Crippen LogP contribution in [0.5, 0.6) is 0 Å². The molecule has 1 aromatic heterocycles. The molecule has 0 spiro atoms. The summed E-state index contributed by atoms with van der Waals surface area (Å²) in [5.41, 5.74) is 0.550. The Morgan fingerprint density at radius 2 is 2.19 bits per heavy atom. The number of aromatic amines is 1. The molecular formula is C13H16BrN3O3S. The lowest BCUT2D eigenvalue weighted by atomic mass is 10.2. The lowest BCUT2D eigenvalue weighted by molar-refractivity contribution is 0.281. The van der Waals surface area contributed by atoms with E-state index in [0.717, 1.165) is 5.82 Å². The molecule has 0 saturated carbocycles. The molecular weight excluding hydrogens is 358 g/mol. The van der Waals surface area contributed by atoms with E-state index in [1.54, 1.807) is 24.5 Å². The maximum atomic E-state index is 12.2. The quantitative estimate of drug-likeness (QED) is 0.642. The van der Waals surface area contributed by atoms with Crippen molar-refractivity contribution in [3.05, 3.63) is 46.5 Å². The Morgan fingerprint density at radius 1 is 1.38 bits per heavy atom. The van der Waals surface area contributed by atoms with Crippen molar-refractivity contribution in [3.8, 4) is 0 Å². The Bertz CT molecular complexity index is 687. The van der Waals surface area contributed by atoms with Gasteiger partial charge in [-0.05, 0) is 40.0 Å². The molecule has 0 unspecified atom stereocenters. The van der Waals surface area contributed by atoms with Gasteiger partial charge in [-0.15, -0.1) is 0 Å². The van der Waals surface area contributed by atoms with Crippen LogP contribution in [0.15, 0.2) is 40.0 Å². The Hall–Kier alpha value is -1.22. The van der Waals surface area contributed by atoms with Gasteiger partial charge in [-0.25, -0.2) is 18.1 Å². The van der Waals surface area contributed by atoms with E-state index in [1.165, 1.54) is 6.07 Å². The van der Waals surface area contributed by atoms with E-state index in [2.05, 4.69) is 30.6 Å². The van der Waals surface area contributed by atoms with Gasteiger partial charge >= 0.3 is 0 Å². The van der Waals surface area contributed by atoms with Gasteiger partial charge in [-0.3, -0.25) is 0 Å². The number of aliphatic hydroxyl groups is 1. The van der Waals surface area contributed by atoms with Crippen molar-refractivity contribution in [1.29, 1.82) is 0 Å². The minimum Gasteiger partial charge on any atom is -0.392 e. The van der Waals surface area contributed by atoms with Crippen molar-refractivity contribution >= 4 is 26.0 Å². The summed E-state index contributed by atoms with van der Waals surface area (Å²) in [7, 11) is -3.60. The van der Waals surface area contributed by atoms with Crippen molar-refractivity contribution in [2.45, 2.75) is 24.3 Å². The summed E-state index contributed by atoms with van der Waals surface area (Å²) in [5, 5.41) is 9.10. The first-order valence-electron chi connectivity index (χ1n) is 6.40. The second kappa shape index (κ2) is 7.17. The lowest BCUT2D eigenvalue weighted by Crippen LogP contribution is -2.25. The van der Waals surface area contributed by atoms with Gasteiger partial charge in [-0.1, -0.05) is 6.07 Å².